The Labute approximate surface area is 85.2 Å². The first-order valence-electron chi connectivity index (χ1n) is 5.45. The highest BCUT2D eigenvalue weighted by molar-refractivity contribution is 5.88. The van der Waals surface area contributed by atoms with Crippen molar-refractivity contribution in [2.45, 2.75) is 19.8 Å². The van der Waals surface area contributed by atoms with Crippen molar-refractivity contribution in [3.05, 3.63) is 11.6 Å². The summed E-state index contributed by atoms with van der Waals surface area (Å²) in [6.07, 6.45) is 4.39. The molecule has 14 heavy (non-hydrogen) atoms. The number of hydrogen-bond acceptors (Lipinski definition) is 2. The number of nitrogens with one attached hydrogen (secondary N) is 1. The Morgan fingerprint density at radius 1 is 1.36 bits per heavy atom. The molecule has 1 saturated carbocycles. The van der Waals surface area contributed by atoms with Crippen molar-refractivity contribution < 1.29 is 4.79 Å². The van der Waals surface area contributed by atoms with Crippen LogP contribution in [0.25, 0.3) is 0 Å². The zero-order valence-electron chi connectivity index (χ0n) is 8.75. The van der Waals surface area contributed by atoms with Crippen LogP contribution in [-0.4, -0.2) is 37.0 Å². The molecule has 78 valence electrons. The van der Waals surface area contributed by atoms with Crippen LogP contribution < -0.4 is 5.32 Å². The van der Waals surface area contributed by atoms with Gasteiger partial charge in [-0.15, -0.1) is 0 Å². The average molecular weight is 194 g/mol. The molecule has 1 amide bonds. The summed E-state index contributed by atoms with van der Waals surface area (Å²) >= 11 is 0. The van der Waals surface area contributed by atoms with Crippen molar-refractivity contribution in [3.63, 3.8) is 0 Å². The average Bonchev–Trinajstić information content (AvgIpc) is 3.02. The Hall–Kier alpha value is -0.830. The molecule has 0 aromatic rings. The first kappa shape index (κ1) is 9.71. The number of carbonyl (C=O) groups is 1. The fourth-order valence-electron chi connectivity index (χ4n) is 1.83. The molecular weight excluding hydrogens is 176 g/mol. The normalized spacial score (nSPS) is 23.8. The molecule has 0 aromatic heterocycles. The van der Waals surface area contributed by atoms with E-state index in [4.69, 9.17) is 0 Å². The van der Waals surface area contributed by atoms with Gasteiger partial charge in [-0.1, -0.05) is 5.57 Å². The molecule has 3 heteroatoms. The Balaban J connectivity index is 1.89. The summed E-state index contributed by atoms with van der Waals surface area (Å²) < 4.78 is 0. The van der Waals surface area contributed by atoms with Gasteiger partial charge < -0.3 is 10.2 Å². The maximum absolute atomic E-state index is 11.8. The largest absolute Gasteiger partial charge is 0.337 e. The van der Waals surface area contributed by atoms with Crippen molar-refractivity contribution in [3.8, 4) is 0 Å². The Morgan fingerprint density at radius 2 is 2.00 bits per heavy atom. The van der Waals surface area contributed by atoms with Crippen molar-refractivity contribution in [2.75, 3.05) is 26.2 Å². The molecule has 0 radical (unpaired) electrons. The van der Waals surface area contributed by atoms with Crippen LogP contribution in [0.2, 0.25) is 0 Å². The molecule has 2 rings (SSSR count). The van der Waals surface area contributed by atoms with E-state index in [0.717, 1.165) is 26.2 Å². The summed E-state index contributed by atoms with van der Waals surface area (Å²) in [6.45, 7) is 5.66. The lowest BCUT2D eigenvalue weighted by atomic mass is 10.2. The minimum absolute atomic E-state index is 0.205. The van der Waals surface area contributed by atoms with E-state index in [2.05, 4.69) is 12.2 Å². The maximum Gasteiger partial charge on any atom is 0.246 e. The van der Waals surface area contributed by atoms with E-state index < -0.39 is 0 Å². The second kappa shape index (κ2) is 4.13. The van der Waals surface area contributed by atoms with E-state index in [1.54, 1.807) is 0 Å². The molecule has 0 spiro atoms. The SMILES string of the molecule is C/C(=C\C(=O)N1CCNCC1)C1CC1. The summed E-state index contributed by atoms with van der Waals surface area (Å²) in [7, 11) is 0. The van der Waals surface area contributed by atoms with Gasteiger partial charge in [-0.2, -0.15) is 0 Å². The van der Waals surface area contributed by atoms with Crippen LogP contribution in [0.15, 0.2) is 11.6 Å². The zero-order valence-corrected chi connectivity index (χ0v) is 8.75. The standard InChI is InChI=1S/C11H18N2O/c1-9(10-2-3-10)8-11(14)13-6-4-12-5-7-13/h8,10,12H,2-7H2,1H3/b9-8+. The lowest BCUT2D eigenvalue weighted by molar-refractivity contribution is -0.126. The summed E-state index contributed by atoms with van der Waals surface area (Å²) in [5.74, 6) is 0.915. The smallest absolute Gasteiger partial charge is 0.246 e. The first-order valence-corrected chi connectivity index (χ1v) is 5.45. The molecule has 0 bridgehead atoms. The quantitative estimate of drug-likeness (QED) is 0.659. The van der Waals surface area contributed by atoms with Crippen LogP contribution in [0.5, 0.6) is 0 Å². The molecule has 2 aliphatic rings. The summed E-state index contributed by atoms with van der Waals surface area (Å²) in [5, 5.41) is 3.24. The highest BCUT2D eigenvalue weighted by Crippen LogP contribution is 2.35. The highest BCUT2D eigenvalue weighted by Gasteiger charge is 2.24. The van der Waals surface area contributed by atoms with E-state index in [9.17, 15) is 4.79 Å². The van der Waals surface area contributed by atoms with E-state index in [1.807, 2.05) is 11.0 Å². The monoisotopic (exact) mass is 194 g/mol. The highest BCUT2D eigenvalue weighted by atomic mass is 16.2. The number of rotatable bonds is 2. The van der Waals surface area contributed by atoms with E-state index in [1.165, 1.54) is 18.4 Å². The van der Waals surface area contributed by atoms with Crippen LogP contribution >= 0.6 is 0 Å². The van der Waals surface area contributed by atoms with Crippen LogP contribution in [0.1, 0.15) is 19.8 Å². The van der Waals surface area contributed by atoms with Crippen LogP contribution in [0, 0.1) is 5.92 Å². The predicted molar refractivity (Wildman–Crippen MR) is 55.9 cm³/mol. The third kappa shape index (κ3) is 2.35. The van der Waals surface area contributed by atoms with Gasteiger partial charge in [0.25, 0.3) is 0 Å². The van der Waals surface area contributed by atoms with Crippen molar-refractivity contribution in [2.24, 2.45) is 5.92 Å². The number of nitrogens with zero attached hydrogens (tertiary/aromatic N) is 1. The molecule has 2 fully saturated rings. The minimum atomic E-state index is 0.205. The molecule has 1 N–H and O–H groups in total. The fourth-order valence-corrected chi connectivity index (χ4v) is 1.83. The number of hydrogen-bond donors (Lipinski definition) is 1. The van der Waals surface area contributed by atoms with Gasteiger partial charge in [0.2, 0.25) is 5.91 Å². The summed E-state index contributed by atoms with van der Waals surface area (Å²) in [4.78, 5) is 13.7. The van der Waals surface area contributed by atoms with Gasteiger partial charge in [0, 0.05) is 32.3 Å². The molecule has 0 aromatic carbocycles. The predicted octanol–water partition coefficient (Wildman–Crippen LogP) is 0.774. The maximum atomic E-state index is 11.8. The van der Waals surface area contributed by atoms with E-state index in [-0.39, 0.29) is 5.91 Å². The summed E-state index contributed by atoms with van der Waals surface area (Å²) in [5.41, 5.74) is 1.27. The van der Waals surface area contributed by atoms with Crippen molar-refractivity contribution in [1.29, 1.82) is 0 Å². The lowest BCUT2D eigenvalue weighted by Crippen LogP contribution is -2.45. The van der Waals surface area contributed by atoms with E-state index in [0.29, 0.717) is 5.92 Å². The number of piperazine rings is 1. The van der Waals surface area contributed by atoms with Gasteiger partial charge in [-0.25, -0.2) is 0 Å². The third-order valence-corrected chi connectivity index (χ3v) is 3.00. The zero-order chi connectivity index (χ0) is 9.97. The summed E-state index contributed by atoms with van der Waals surface area (Å²) in [6, 6.07) is 0. The van der Waals surface area contributed by atoms with Crippen molar-refractivity contribution in [1.82, 2.24) is 10.2 Å². The molecule has 1 aliphatic heterocycles. The van der Waals surface area contributed by atoms with Gasteiger partial charge in [0.15, 0.2) is 0 Å². The Morgan fingerprint density at radius 3 is 2.57 bits per heavy atom. The molecule has 0 atom stereocenters. The number of carbonyl (C=O) groups excluding carboxylic acids is 1. The number of allylic oxidation sites excluding steroid dienone is 1. The molecule has 3 nitrogen and oxygen atoms in total. The van der Waals surface area contributed by atoms with Crippen LogP contribution in [-0.2, 0) is 4.79 Å². The van der Waals surface area contributed by atoms with Crippen LogP contribution in [0.4, 0.5) is 0 Å². The first-order chi connectivity index (χ1) is 6.77. The van der Waals surface area contributed by atoms with Gasteiger partial charge >= 0.3 is 0 Å². The lowest BCUT2D eigenvalue weighted by Gasteiger charge is -2.26. The molecule has 1 heterocycles. The topological polar surface area (TPSA) is 32.3 Å². The second-order valence-electron chi connectivity index (χ2n) is 4.24. The van der Waals surface area contributed by atoms with E-state index >= 15 is 0 Å². The van der Waals surface area contributed by atoms with Gasteiger partial charge in [0.1, 0.15) is 0 Å². The van der Waals surface area contributed by atoms with Crippen LogP contribution in [0.3, 0.4) is 0 Å². The Bertz CT molecular complexity index is 250. The van der Waals surface area contributed by atoms with Gasteiger partial charge in [-0.05, 0) is 25.7 Å². The van der Waals surface area contributed by atoms with Gasteiger partial charge in [0.05, 0.1) is 0 Å². The molecule has 1 aliphatic carbocycles. The molecule has 1 saturated heterocycles. The van der Waals surface area contributed by atoms with Crippen molar-refractivity contribution >= 4 is 5.91 Å². The second-order valence-corrected chi connectivity index (χ2v) is 4.24. The molecule has 0 unspecified atom stereocenters. The Kier molecular flexibility index (Phi) is 2.87. The minimum Gasteiger partial charge on any atom is -0.337 e. The van der Waals surface area contributed by atoms with Gasteiger partial charge in [-0.3, -0.25) is 4.79 Å². The third-order valence-electron chi connectivity index (χ3n) is 3.00. The molecular formula is C11H18N2O. The number of amides is 1. The fraction of sp³-hybridized carbons (Fsp3) is 0.727.